The number of imide groups is 1. The molecule has 0 unspecified atom stereocenters. The predicted octanol–water partition coefficient (Wildman–Crippen LogP) is -0.155. The van der Waals surface area contributed by atoms with E-state index in [-0.39, 0.29) is 29.7 Å². The second kappa shape index (κ2) is 3.05. The van der Waals surface area contributed by atoms with Gasteiger partial charge < -0.3 is 5.32 Å². The van der Waals surface area contributed by atoms with Crippen LogP contribution in [-0.2, 0) is 9.59 Å². The van der Waals surface area contributed by atoms with Gasteiger partial charge in [0.2, 0.25) is 11.8 Å². The molecule has 0 aromatic heterocycles. The van der Waals surface area contributed by atoms with E-state index in [4.69, 9.17) is 0 Å². The summed E-state index contributed by atoms with van der Waals surface area (Å²) in [6.45, 7) is 4.81. The first kappa shape index (κ1) is 9.65. The quantitative estimate of drug-likeness (QED) is 0.593. The van der Waals surface area contributed by atoms with E-state index in [0.717, 1.165) is 0 Å². The molecule has 2 rings (SSSR count). The highest BCUT2D eigenvalue weighted by Gasteiger charge is 2.53. The van der Waals surface area contributed by atoms with E-state index in [2.05, 4.69) is 19.2 Å². The second-order valence-electron chi connectivity index (χ2n) is 4.55. The van der Waals surface area contributed by atoms with E-state index in [1.807, 2.05) is 0 Å². The third-order valence-electron chi connectivity index (χ3n) is 3.38. The van der Waals surface area contributed by atoms with Crippen molar-refractivity contribution in [1.82, 2.24) is 10.2 Å². The zero-order valence-corrected chi connectivity index (χ0v) is 8.78. The molecule has 2 saturated heterocycles. The number of likely N-dealkylation sites (tertiary alicyclic amines) is 1. The molecule has 14 heavy (non-hydrogen) atoms. The van der Waals surface area contributed by atoms with Gasteiger partial charge in [0.05, 0.1) is 11.8 Å². The average Bonchev–Trinajstić information content (AvgIpc) is 2.64. The summed E-state index contributed by atoms with van der Waals surface area (Å²) >= 11 is 0. The van der Waals surface area contributed by atoms with Gasteiger partial charge >= 0.3 is 0 Å². The van der Waals surface area contributed by atoms with Crippen LogP contribution < -0.4 is 5.32 Å². The van der Waals surface area contributed by atoms with Gasteiger partial charge in [0, 0.05) is 19.6 Å². The summed E-state index contributed by atoms with van der Waals surface area (Å²) in [6.07, 6.45) is 0. The molecule has 0 radical (unpaired) electrons. The Morgan fingerprint density at radius 3 is 2.57 bits per heavy atom. The van der Waals surface area contributed by atoms with E-state index >= 15 is 0 Å². The van der Waals surface area contributed by atoms with Crippen molar-refractivity contribution in [2.24, 2.45) is 17.8 Å². The van der Waals surface area contributed by atoms with Crippen molar-refractivity contribution in [3.8, 4) is 0 Å². The van der Waals surface area contributed by atoms with Crippen LogP contribution in [0.1, 0.15) is 13.8 Å². The van der Waals surface area contributed by atoms with Crippen LogP contribution in [0.25, 0.3) is 0 Å². The van der Waals surface area contributed by atoms with Crippen LogP contribution in [0.4, 0.5) is 0 Å². The lowest BCUT2D eigenvalue weighted by Crippen LogP contribution is -2.39. The van der Waals surface area contributed by atoms with Crippen LogP contribution in [-0.4, -0.2) is 36.3 Å². The van der Waals surface area contributed by atoms with E-state index in [9.17, 15) is 9.59 Å². The van der Waals surface area contributed by atoms with Crippen molar-refractivity contribution in [3.05, 3.63) is 0 Å². The van der Waals surface area contributed by atoms with E-state index in [1.54, 1.807) is 7.05 Å². The third kappa shape index (κ3) is 1.10. The van der Waals surface area contributed by atoms with Gasteiger partial charge in [0.1, 0.15) is 0 Å². The number of nitrogens with zero attached hydrogens (tertiary/aromatic N) is 1. The summed E-state index contributed by atoms with van der Waals surface area (Å²) in [4.78, 5) is 24.7. The summed E-state index contributed by atoms with van der Waals surface area (Å²) in [6, 6.07) is 0.168. The highest BCUT2D eigenvalue weighted by molar-refractivity contribution is 6.05. The van der Waals surface area contributed by atoms with Crippen LogP contribution >= 0.6 is 0 Å². The van der Waals surface area contributed by atoms with Gasteiger partial charge in [0.25, 0.3) is 0 Å². The SMILES string of the molecule is CC(C)[C@@H]1NC[C@H]2C(=O)N(C)C(=O)[C@H]21. The van der Waals surface area contributed by atoms with Crippen molar-refractivity contribution in [2.45, 2.75) is 19.9 Å². The van der Waals surface area contributed by atoms with Gasteiger partial charge in [-0.25, -0.2) is 0 Å². The van der Waals surface area contributed by atoms with E-state index in [1.165, 1.54) is 4.90 Å². The molecule has 0 aromatic rings. The monoisotopic (exact) mass is 196 g/mol. The molecule has 78 valence electrons. The number of nitrogens with one attached hydrogen (secondary N) is 1. The predicted molar refractivity (Wildman–Crippen MR) is 51.4 cm³/mol. The highest BCUT2D eigenvalue weighted by atomic mass is 16.2. The maximum absolute atomic E-state index is 11.8. The molecule has 0 spiro atoms. The topological polar surface area (TPSA) is 49.4 Å². The molecular formula is C10H16N2O2. The Kier molecular flexibility index (Phi) is 2.10. The first-order valence-electron chi connectivity index (χ1n) is 5.09. The number of fused-ring (bicyclic) bond motifs is 1. The third-order valence-corrected chi connectivity index (χ3v) is 3.38. The molecule has 1 N–H and O–H groups in total. The number of carbonyl (C=O) groups excluding carboxylic acids is 2. The average molecular weight is 196 g/mol. The summed E-state index contributed by atoms with van der Waals surface area (Å²) in [5.74, 6) is 0.139. The minimum Gasteiger partial charge on any atom is -0.312 e. The lowest BCUT2D eigenvalue weighted by Gasteiger charge is -2.20. The summed E-state index contributed by atoms with van der Waals surface area (Å²) in [5.41, 5.74) is 0. The lowest BCUT2D eigenvalue weighted by atomic mass is 9.87. The highest BCUT2D eigenvalue weighted by Crippen LogP contribution is 2.34. The maximum Gasteiger partial charge on any atom is 0.234 e. The molecule has 2 heterocycles. The molecule has 0 aromatic carbocycles. The molecule has 2 fully saturated rings. The van der Waals surface area contributed by atoms with Crippen molar-refractivity contribution >= 4 is 11.8 Å². The van der Waals surface area contributed by atoms with Gasteiger partial charge in [-0.05, 0) is 5.92 Å². The maximum atomic E-state index is 11.8. The van der Waals surface area contributed by atoms with Crippen molar-refractivity contribution in [3.63, 3.8) is 0 Å². The lowest BCUT2D eigenvalue weighted by molar-refractivity contribution is -0.138. The normalized spacial score (nSPS) is 37.1. The fourth-order valence-corrected chi connectivity index (χ4v) is 2.57. The van der Waals surface area contributed by atoms with Crippen molar-refractivity contribution in [2.75, 3.05) is 13.6 Å². The molecule has 2 amide bonds. The van der Waals surface area contributed by atoms with Crippen LogP contribution in [0.15, 0.2) is 0 Å². The fraction of sp³-hybridized carbons (Fsp3) is 0.800. The molecule has 4 nitrogen and oxygen atoms in total. The number of hydrogen-bond donors (Lipinski definition) is 1. The van der Waals surface area contributed by atoms with E-state index in [0.29, 0.717) is 12.5 Å². The Hall–Kier alpha value is -0.900. The van der Waals surface area contributed by atoms with Gasteiger partial charge in [-0.15, -0.1) is 0 Å². The van der Waals surface area contributed by atoms with Crippen molar-refractivity contribution in [1.29, 1.82) is 0 Å². The number of carbonyl (C=O) groups is 2. The summed E-state index contributed by atoms with van der Waals surface area (Å²) in [7, 11) is 1.58. The first-order chi connectivity index (χ1) is 6.54. The number of hydrogen-bond acceptors (Lipinski definition) is 3. The molecule has 0 saturated carbocycles. The van der Waals surface area contributed by atoms with Gasteiger partial charge in [0.15, 0.2) is 0 Å². The van der Waals surface area contributed by atoms with Gasteiger partial charge in [-0.3, -0.25) is 14.5 Å². The Morgan fingerprint density at radius 2 is 2.00 bits per heavy atom. The number of rotatable bonds is 1. The number of amides is 2. The van der Waals surface area contributed by atoms with Gasteiger partial charge in [-0.2, -0.15) is 0 Å². The van der Waals surface area contributed by atoms with Crippen LogP contribution in [0.3, 0.4) is 0 Å². The van der Waals surface area contributed by atoms with Crippen LogP contribution in [0.2, 0.25) is 0 Å². The fourth-order valence-electron chi connectivity index (χ4n) is 2.57. The van der Waals surface area contributed by atoms with E-state index < -0.39 is 0 Å². The Morgan fingerprint density at radius 1 is 1.36 bits per heavy atom. The van der Waals surface area contributed by atoms with Crippen LogP contribution in [0, 0.1) is 17.8 Å². The standard InChI is InChI=1S/C10H16N2O2/c1-5(2)8-7-6(4-11-8)9(13)12(3)10(7)14/h5-8,11H,4H2,1-3H3/t6-,7-,8+/m1/s1. The molecule has 3 atom stereocenters. The molecular weight excluding hydrogens is 180 g/mol. The first-order valence-corrected chi connectivity index (χ1v) is 5.09. The largest absolute Gasteiger partial charge is 0.312 e. The minimum absolute atomic E-state index is 0.0105. The minimum atomic E-state index is -0.118. The Bertz CT molecular complexity index is 288. The Balaban J connectivity index is 2.27. The molecule has 2 aliphatic rings. The second-order valence-corrected chi connectivity index (χ2v) is 4.55. The Labute approximate surface area is 83.6 Å². The summed E-state index contributed by atoms with van der Waals surface area (Å²) in [5, 5.41) is 3.27. The van der Waals surface area contributed by atoms with Crippen LogP contribution in [0.5, 0.6) is 0 Å². The molecule has 0 aliphatic carbocycles. The zero-order valence-electron chi connectivity index (χ0n) is 8.78. The smallest absolute Gasteiger partial charge is 0.234 e. The molecule has 2 aliphatic heterocycles. The summed E-state index contributed by atoms with van der Waals surface area (Å²) < 4.78 is 0. The molecule has 4 heteroatoms. The molecule has 0 bridgehead atoms. The van der Waals surface area contributed by atoms with Gasteiger partial charge in [-0.1, -0.05) is 13.8 Å². The zero-order chi connectivity index (χ0) is 10.5. The van der Waals surface area contributed by atoms with Crippen molar-refractivity contribution < 1.29 is 9.59 Å².